The normalized spacial score (nSPS) is 26.8. The van der Waals surface area contributed by atoms with E-state index in [0.717, 1.165) is 19.5 Å². The molecule has 0 aliphatic carbocycles. The second-order valence-corrected chi connectivity index (χ2v) is 6.09. The van der Waals surface area contributed by atoms with Gasteiger partial charge >= 0.3 is 0 Å². The fourth-order valence-electron chi connectivity index (χ4n) is 1.45. The smallest absolute Gasteiger partial charge is 0.151 e. The summed E-state index contributed by atoms with van der Waals surface area (Å²) < 4.78 is 22.2. The molecule has 0 aromatic carbocycles. The van der Waals surface area contributed by atoms with Gasteiger partial charge < -0.3 is 10.2 Å². The first-order chi connectivity index (χ1) is 5.99. The summed E-state index contributed by atoms with van der Waals surface area (Å²) in [7, 11) is 1.29. The van der Waals surface area contributed by atoms with Gasteiger partial charge in [-0.15, -0.1) is 0 Å². The average molecular weight is 206 g/mol. The Labute approximate surface area is 80.2 Å². The molecule has 1 fully saturated rings. The van der Waals surface area contributed by atoms with Gasteiger partial charge in [0, 0.05) is 19.1 Å². The van der Waals surface area contributed by atoms with Crippen LogP contribution >= 0.6 is 0 Å². The summed E-state index contributed by atoms with van der Waals surface area (Å²) in [5.41, 5.74) is 0. The summed E-state index contributed by atoms with van der Waals surface area (Å²) in [5, 5.41) is 3.25. The molecule has 0 amide bonds. The van der Waals surface area contributed by atoms with Crippen LogP contribution in [0, 0.1) is 0 Å². The van der Waals surface area contributed by atoms with Crippen molar-refractivity contribution in [3.63, 3.8) is 0 Å². The van der Waals surface area contributed by atoms with Crippen molar-refractivity contribution in [2.75, 3.05) is 38.7 Å². The van der Waals surface area contributed by atoms with Gasteiger partial charge in [-0.2, -0.15) is 0 Å². The van der Waals surface area contributed by atoms with Crippen molar-refractivity contribution in [3.8, 4) is 0 Å². The van der Waals surface area contributed by atoms with Crippen LogP contribution in [0.5, 0.6) is 0 Å². The maximum Gasteiger partial charge on any atom is 0.151 e. The van der Waals surface area contributed by atoms with Gasteiger partial charge in [-0.25, -0.2) is 8.42 Å². The van der Waals surface area contributed by atoms with E-state index in [1.54, 1.807) is 0 Å². The molecule has 1 heterocycles. The van der Waals surface area contributed by atoms with Crippen molar-refractivity contribution < 1.29 is 8.42 Å². The van der Waals surface area contributed by atoms with Crippen LogP contribution in [-0.4, -0.2) is 58.1 Å². The Kier molecular flexibility index (Phi) is 3.70. The van der Waals surface area contributed by atoms with E-state index in [1.807, 2.05) is 14.1 Å². The Morgan fingerprint density at radius 1 is 1.46 bits per heavy atom. The highest BCUT2D eigenvalue weighted by atomic mass is 32.2. The lowest BCUT2D eigenvalue weighted by Crippen LogP contribution is -2.35. The van der Waals surface area contributed by atoms with Crippen molar-refractivity contribution in [2.24, 2.45) is 0 Å². The summed E-state index contributed by atoms with van der Waals surface area (Å²) >= 11 is 0. The van der Waals surface area contributed by atoms with E-state index in [0.29, 0.717) is 11.5 Å². The highest BCUT2D eigenvalue weighted by molar-refractivity contribution is 7.91. The van der Waals surface area contributed by atoms with E-state index >= 15 is 0 Å². The molecule has 0 aromatic heterocycles. The lowest BCUT2D eigenvalue weighted by Gasteiger charge is -2.13. The molecule has 0 unspecified atom stereocenters. The fraction of sp³-hybridized carbons (Fsp3) is 1.00. The van der Waals surface area contributed by atoms with Crippen LogP contribution in [0.2, 0.25) is 0 Å². The standard InChI is InChI=1S/C8H18N2O2S/c1-10(2)5-4-9-8-3-6-13(11,12)7-8/h8-9H,3-7H2,1-2H3/t8-/m0/s1. The first kappa shape index (κ1) is 10.9. The second-order valence-electron chi connectivity index (χ2n) is 3.86. The molecule has 1 aliphatic rings. The largest absolute Gasteiger partial charge is 0.312 e. The minimum Gasteiger partial charge on any atom is -0.312 e. The molecule has 13 heavy (non-hydrogen) atoms. The Balaban J connectivity index is 2.18. The first-order valence-corrected chi connectivity index (χ1v) is 6.40. The van der Waals surface area contributed by atoms with Crippen LogP contribution in [-0.2, 0) is 9.84 Å². The molecule has 0 spiro atoms. The van der Waals surface area contributed by atoms with Gasteiger partial charge in [0.1, 0.15) is 0 Å². The third-order valence-corrected chi connectivity index (χ3v) is 3.99. The summed E-state index contributed by atoms with van der Waals surface area (Å²) in [4.78, 5) is 2.08. The number of rotatable bonds is 4. The number of hydrogen-bond donors (Lipinski definition) is 1. The number of nitrogens with one attached hydrogen (secondary N) is 1. The van der Waals surface area contributed by atoms with Gasteiger partial charge in [0.2, 0.25) is 0 Å². The minimum atomic E-state index is -2.72. The lowest BCUT2D eigenvalue weighted by atomic mass is 10.2. The Hall–Kier alpha value is -0.130. The quantitative estimate of drug-likeness (QED) is 0.662. The van der Waals surface area contributed by atoms with E-state index in [9.17, 15) is 8.42 Å². The van der Waals surface area contributed by atoms with Crippen LogP contribution < -0.4 is 5.32 Å². The molecule has 1 atom stereocenters. The van der Waals surface area contributed by atoms with Crippen LogP contribution in [0.1, 0.15) is 6.42 Å². The molecular weight excluding hydrogens is 188 g/mol. The van der Waals surface area contributed by atoms with Crippen molar-refractivity contribution in [2.45, 2.75) is 12.5 Å². The Morgan fingerprint density at radius 2 is 2.15 bits per heavy atom. The SMILES string of the molecule is CN(C)CCN[C@H]1CCS(=O)(=O)C1. The predicted molar refractivity (Wildman–Crippen MR) is 53.6 cm³/mol. The van der Waals surface area contributed by atoms with Crippen LogP contribution in [0.25, 0.3) is 0 Å². The highest BCUT2D eigenvalue weighted by Gasteiger charge is 2.26. The van der Waals surface area contributed by atoms with Crippen molar-refractivity contribution in [1.82, 2.24) is 10.2 Å². The van der Waals surface area contributed by atoms with Crippen LogP contribution in [0.3, 0.4) is 0 Å². The molecule has 4 nitrogen and oxygen atoms in total. The maximum atomic E-state index is 11.1. The van der Waals surface area contributed by atoms with Gasteiger partial charge in [-0.05, 0) is 20.5 Å². The molecule has 78 valence electrons. The molecule has 1 N–H and O–H groups in total. The molecule has 0 saturated carbocycles. The molecular formula is C8H18N2O2S. The van der Waals surface area contributed by atoms with Crippen molar-refractivity contribution in [3.05, 3.63) is 0 Å². The van der Waals surface area contributed by atoms with E-state index in [2.05, 4.69) is 10.2 Å². The molecule has 0 bridgehead atoms. The summed E-state index contributed by atoms with van der Waals surface area (Å²) in [6.45, 7) is 1.82. The van der Waals surface area contributed by atoms with E-state index in [-0.39, 0.29) is 6.04 Å². The maximum absolute atomic E-state index is 11.1. The summed E-state index contributed by atoms with van der Waals surface area (Å²) in [5.74, 6) is 0.674. The zero-order valence-electron chi connectivity index (χ0n) is 8.28. The molecule has 1 aliphatic heterocycles. The van der Waals surface area contributed by atoms with Crippen molar-refractivity contribution >= 4 is 9.84 Å². The van der Waals surface area contributed by atoms with Crippen LogP contribution in [0.15, 0.2) is 0 Å². The van der Waals surface area contributed by atoms with E-state index in [1.165, 1.54) is 0 Å². The third-order valence-electron chi connectivity index (χ3n) is 2.22. The predicted octanol–water partition coefficient (Wildman–Crippen LogP) is -0.675. The average Bonchev–Trinajstić information content (AvgIpc) is 2.29. The number of sulfone groups is 1. The highest BCUT2D eigenvalue weighted by Crippen LogP contribution is 2.10. The molecule has 1 rings (SSSR count). The lowest BCUT2D eigenvalue weighted by molar-refractivity contribution is 0.388. The monoisotopic (exact) mass is 206 g/mol. The molecule has 5 heteroatoms. The number of hydrogen-bond acceptors (Lipinski definition) is 4. The topological polar surface area (TPSA) is 49.4 Å². The van der Waals surface area contributed by atoms with E-state index < -0.39 is 9.84 Å². The zero-order chi connectivity index (χ0) is 9.90. The number of likely N-dealkylation sites (N-methyl/N-ethyl adjacent to an activating group) is 1. The van der Waals surface area contributed by atoms with Gasteiger partial charge in [-0.3, -0.25) is 0 Å². The summed E-state index contributed by atoms with van der Waals surface area (Å²) in [6, 6.07) is 0.185. The van der Waals surface area contributed by atoms with Crippen LogP contribution in [0.4, 0.5) is 0 Å². The van der Waals surface area contributed by atoms with E-state index in [4.69, 9.17) is 0 Å². The second kappa shape index (κ2) is 4.39. The number of nitrogens with zero attached hydrogens (tertiary/aromatic N) is 1. The van der Waals surface area contributed by atoms with Gasteiger partial charge in [-0.1, -0.05) is 0 Å². The first-order valence-electron chi connectivity index (χ1n) is 4.58. The molecule has 0 radical (unpaired) electrons. The summed E-state index contributed by atoms with van der Waals surface area (Å²) in [6.07, 6.45) is 0.774. The van der Waals surface area contributed by atoms with Gasteiger partial charge in [0.25, 0.3) is 0 Å². The molecule has 0 aromatic rings. The zero-order valence-corrected chi connectivity index (χ0v) is 9.10. The van der Waals surface area contributed by atoms with Gasteiger partial charge in [0.05, 0.1) is 11.5 Å². The third kappa shape index (κ3) is 4.06. The Morgan fingerprint density at radius 3 is 2.62 bits per heavy atom. The van der Waals surface area contributed by atoms with Crippen molar-refractivity contribution in [1.29, 1.82) is 0 Å². The Bertz CT molecular complexity index is 249. The fourth-order valence-corrected chi connectivity index (χ4v) is 3.16. The minimum absolute atomic E-state index is 0.185. The molecule has 1 saturated heterocycles. The van der Waals surface area contributed by atoms with Gasteiger partial charge in [0.15, 0.2) is 9.84 Å².